The lowest BCUT2D eigenvalue weighted by Gasteiger charge is -2.33. The zero-order chi connectivity index (χ0) is 22.6. The summed E-state index contributed by atoms with van der Waals surface area (Å²) < 4.78 is 49.5. The van der Waals surface area contributed by atoms with Crippen LogP contribution in [0.25, 0.3) is 11.0 Å². The molecule has 1 saturated carbocycles. The summed E-state index contributed by atoms with van der Waals surface area (Å²) in [7, 11) is 0. The highest BCUT2D eigenvalue weighted by Gasteiger charge is 2.68. The maximum atomic E-state index is 14.4. The summed E-state index contributed by atoms with van der Waals surface area (Å²) in [6.45, 7) is 5.27. The Kier molecular flexibility index (Phi) is 5.23. The Morgan fingerprint density at radius 3 is 2.61 bits per heavy atom. The summed E-state index contributed by atoms with van der Waals surface area (Å²) in [5.74, 6) is -2.37. The number of hydrogen-bond acceptors (Lipinski definition) is 4. The zero-order valence-electron chi connectivity index (χ0n) is 17.6. The molecule has 0 radical (unpaired) electrons. The molecule has 0 bridgehead atoms. The second-order valence-corrected chi connectivity index (χ2v) is 8.47. The molecule has 31 heavy (non-hydrogen) atoms. The molecule has 2 atom stereocenters. The van der Waals surface area contributed by atoms with Crippen molar-refractivity contribution in [3.05, 3.63) is 23.3 Å². The lowest BCUT2D eigenvalue weighted by Crippen LogP contribution is -2.64. The molecule has 10 heteroatoms. The number of nitrogens with one attached hydrogen (secondary N) is 2. The van der Waals surface area contributed by atoms with Gasteiger partial charge in [-0.3, -0.25) is 19.5 Å². The van der Waals surface area contributed by atoms with E-state index in [1.165, 1.54) is 13.0 Å². The van der Waals surface area contributed by atoms with E-state index >= 15 is 0 Å². The lowest BCUT2D eigenvalue weighted by atomic mass is 10.1. The first-order valence-electron chi connectivity index (χ1n) is 10.4. The summed E-state index contributed by atoms with van der Waals surface area (Å²) in [4.78, 5) is 29.5. The van der Waals surface area contributed by atoms with Crippen LogP contribution < -0.4 is 10.6 Å². The van der Waals surface area contributed by atoms with Crippen LogP contribution in [0.3, 0.4) is 0 Å². The van der Waals surface area contributed by atoms with Crippen molar-refractivity contribution in [3.8, 4) is 0 Å². The highest BCUT2D eigenvalue weighted by atomic mass is 19.4. The van der Waals surface area contributed by atoms with Crippen molar-refractivity contribution in [1.82, 2.24) is 14.9 Å². The quantitative estimate of drug-likeness (QED) is 0.748. The molecule has 4 rings (SSSR count). The summed E-state index contributed by atoms with van der Waals surface area (Å²) in [6.07, 6.45) is -2.13. The van der Waals surface area contributed by atoms with Gasteiger partial charge in [0, 0.05) is 0 Å². The van der Waals surface area contributed by atoms with Gasteiger partial charge in [0.15, 0.2) is 0 Å². The number of nitrogens with zero attached hydrogens (tertiary/aromatic N) is 2. The number of imidazole rings is 1. The lowest BCUT2D eigenvalue weighted by molar-refractivity contribution is -0.218. The first kappa shape index (κ1) is 21.6. The normalized spacial score (nSPS) is 22.6. The maximum Gasteiger partial charge on any atom is 0.440 e. The largest absolute Gasteiger partial charge is 0.440 e. The van der Waals surface area contributed by atoms with E-state index in [2.05, 4.69) is 10.3 Å². The van der Waals surface area contributed by atoms with E-state index in [1.54, 1.807) is 13.0 Å². The number of carbonyl (C=O) groups excluding carboxylic acids is 2. The average Bonchev–Trinajstić information content (AvgIpc) is 3.37. The number of aromatic nitrogens is 2. The van der Waals surface area contributed by atoms with Crippen LogP contribution in [0.15, 0.2) is 12.1 Å². The second-order valence-electron chi connectivity index (χ2n) is 8.47. The number of halogens is 3. The first-order valence-corrected chi connectivity index (χ1v) is 10.4. The van der Waals surface area contributed by atoms with Crippen LogP contribution in [0.1, 0.15) is 43.7 Å². The molecule has 2 N–H and O–H groups in total. The number of rotatable bonds is 5. The summed E-state index contributed by atoms with van der Waals surface area (Å²) in [6, 6.07) is 3.19. The molecule has 2 aliphatic rings. The standard InChI is InChI=1S/C21H25F3N4O3/c1-11-8-15-16(9-12(11)2)28-19(25-15)26-18(30)20(28,21(22,23)24)27-17(29)13(3)31-10-14-6-4-5-7-14/h8-9,13-14H,4-7,10H2,1-3H3,(H,27,29)(H,25,26,30)/t13-,20?/m0/s1. The molecule has 2 aromatic rings. The van der Waals surface area contributed by atoms with Gasteiger partial charge in [-0.05, 0) is 62.8 Å². The monoisotopic (exact) mass is 438 g/mol. The molecule has 7 nitrogen and oxygen atoms in total. The number of fused-ring (bicyclic) bond motifs is 3. The van der Waals surface area contributed by atoms with E-state index in [0.29, 0.717) is 18.0 Å². The van der Waals surface area contributed by atoms with Gasteiger partial charge in [0.05, 0.1) is 17.6 Å². The number of carbonyl (C=O) groups is 2. The number of ether oxygens (including phenoxy) is 1. The fourth-order valence-corrected chi connectivity index (χ4v) is 4.30. The van der Waals surface area contributed by atoms with Crippen LogP contribution in [-0.2, 0) is 20.0 Å². The minimum Gasteiger partial charge on any atom is -0.368 e. The van der Waals surface area contributed by atoms with E-state index in [1.807, 2.05) is 12.2 Å². The predicted octanol–water partition coefficient (Wildman–Crippen LogP) is 3.53. The van der Waals surface area contributed by atoms with Crippen molar-refractivity contribution < 1.29 is 27.5 Å². The van der Waals surface area contributed by atoms with Gasteiger partial charge in [-0.2, -0.15) is 13.2 Å². The topological polar surface area (TPSA) is 85.2 Å². The Morgan fingerprint density at radius 1 is 1.32 bits per heavy atom. The molecular formula is C21H25F3N4O3. The van der Waals surface area contributed by atoms with Gasteiger partial charge in [0.1, 0.15) is 6.10 Å². The molecular weight excluding hydrogens is 413 g/mol. The SMILES string of the molecule is Cc1cc2nc3n(c2cc1C)C(NC(=O)[C@H](C)OCC1CCCC1)(C(F)(F)F)C(=O)N3. The van der Waals surface area contributed by atoms with Crippen LogP contribution in [0.2, 0.25) is 0 Å². The number of amides is 2. The number of benzene rings is 1. The number of alkyl halides is 3. The Labute approximate surface area is 177 Å². The first-order chi connectivity index (χ1) is 14.5. The van der Waals surface area contributed by atoms with Gasteiger partial charge in [-0.1, -0.05) is 12.8 Å². The van der Waals surface area contributed by atoms with E-state index in [0.717, 1.165) is 41.4 Å². The molecule has 0 spiro atoms. The third-order valence-electron chi connectivity index (χ3n) is 6.30. The van der Waals surface area contributed by atoms with Crippen molar-refractivity contribution >= 4 is 28.8 Å². The Bertz CT molecular complexity index is 1040. The minimum atomic E-state index is -5.12. The number of hydrogen-bond donors (Lipinski definition) is 2. The third kappa shape index (κ3) is 3.46. The van der Waals surface area contributed by atoms with Gasteiger partial charge < -0.3 is 10.1 Å². The fraction of sp³-hybridized carbons (Fsp3) is 0.571. The van der Waals surface area contributed by atoms with Crippen molar-refractivity contribution in [3.63, 3.8) is 0 Å². The predicted molar refractivity (Wildman–Crippen MR) is 107 cm³/mol. The Balaban J connectivity index is 1.70. The highest BCUT2D eigenvalue weighted by molar-refractivity contribution is 6.05. The van der Waals surface area contributed by atoms with E-state index in [-0.39, 0.29) is 11.5 Å². The van der Waals surface area contributed by atoms with Gasteiger partial charge in [0.25, 0.3) is 17.5 Å². The van der Waals surface area contributed by atoms with Gasteiger partial charge >= 0.3 is 6.18 Å². The second kappa shape index (κ2) is 7.51. The molecule has 1 unspecified atom stereocenters. The molecule has 1 aliphatic heterocycles. The Hall–Kier alpha value is -2.62. The third-order valence-corrected chi connectivity index (χ3v) is 6.30. The molecule has 1 aliphatic carbocycles. The Morgan fingerprint density at radius 2 is 1.97 bits per heavy atom. The molecule has 2 amide bonds. The molecule has 1 fully saturated rings. The van der Waals surface area contributed by atoms with E-state index < -0.39 is 29.8 Å². The summed E-state index contributed by atoms with van der Waals surface area (Å²) >= 11 is 0. The minimum absolute atomic E-state index is 0.105. The van der Waals surface area contributed by atoms with Crippen LogP contribution in [0.4, 0.5) is 19.1 Å². The maximum absolute atomic E-state index is 14.4. The molecule has 1 aromatic heterocycles. The van der Waals surface area contributed by atoms with Crippen LogP contribution in [0.5, 0.6) is 0 Å². The van der Waals surface area contributed by atoms with Gasteiger partial charge in [-0.15, -0.1) is 0 Å². The molecule has 168 valence electrons. The van der Waals surface area contributed by atoms with Crippen molar-refractivity contribution in [2.75, 3.05) is 11.9 Å². The fourth-order valence-electron chi connectivity index (χ4n) is 4.30. The van der Waals surface area contributed by atoms with Gasteiger partial charge in [0.2, 0.25) is 5.95 Å². The molecule has 2 heterocycles. The number of aryl methyl sites for hydroxylation is 2. The molecule has 1 aromatic carbocycles. The van der Waals surface area contributed by atoms with E-state index in [4.69, 9.17) is 4.74 Å². The van der Waals surface area contributed by atoms with Crippen LogP contribution in [-0.4, -0.2) is 40.3 Å². The average molecular weight is 438 g/mol. The zero-order valence-corrected chi connectivity index (χ0v) is 17.6. The summed E-state index contributed by atoms with van der Waals surface area (Å²) in [5.41, 5.74) is -1.31. The molecule has 0 saturated heterocycles. The van der Waals surface area contributed by atoms with Crippen molar-refractivity contribution in [1.29, 1.82) is 0 Å². The summed E-state index contributed by atoms with van der Waals surface area (Å²) in [5, 5.41) is 4.13. The van der Waals surface area contributed by atoms with Crippen LogP contribution in [0, 0.1) is 19.8 Å². The van der Waals surface area contributed by atoms with Crippen LogP contribution >= 0.6 is 0 Å². The highest BCUT2D eigenvalue weighted by Crippen LogP contribution is 2.44. The number of anilines is 1. The van der Waals surface area contributed by atoms with Crippen molar-refractivity contribution in [2.45, 2.75) is 64.4 Å². The van der Waals surface area contributed by atoms with Gasteiger partial charge in [-0.25, -0.2) is 4.98 Å². The van der Waals surface area contributed by atoms with E-state index in [9.17, 15) is 22.8 Å². The van der Waals surface area contributed by atoms with Crippen molar-refractivity contribution in [2.24, 2.45) is 5.92 Å². The smallest absolute Gasteiger partial charge is 0.368 e.